The first kappa shape index (κ1) is 6.20. The van der Waals surface area contributed by atoms with E-state index in [-0.39, 0.29) is 5.60 Å². The van der Waals surface area contributed by atoms with Crippen LogP contribution in [0.1, 0.15) is 13.8 Å². The van der Waals surface area contributed by atoms with Crippen LogP contribution >= 0.6 is 0 Å². The maximum Gasteiger partial charge on any atom is 0.214 e. The van der Waals surface area contributed by atoms with E-state index in [0.717, 1.165) is 0 Å². The molecule has 0 spiro atoms. The molecule has 0 aromatic rings. The molecule has 1 nitrogen and oxygen atoms in total. The van der Waals surface area contributed by atoms with Gasteiger partial charge >= 0.3 is 0 Å². The van der Waals surface area contributed by atoms with Crippen molar-refractivity contribution in [2.24, 2.45) is 0 Å². The van der Waals surface area contributed by atoms with Crippen LogP contribution in [0.5, 0.6) is 0 Å². The van der Waals surface area contributed by atoms with Gasteiger partial charge in [-0.25, -0.2) is 0 Å². The Morgan fingerprint density at radius 3 is 1.89 bits per heavy atom. The van der Waals surface area contributed by atoms with Crippen molar-refractivity contribution in [1.82, 2.24) is 0 Å². The molecule has 0 saturated carbocycles. The fraction of sp³-hybridized carbons (Fsp3) is 0.500. The summed E-state index contributed by atoms with van der Waals surface area (Å²) in [5.41, 5.74) is -0.372. The second kappa shape index (κ2) is 2.13. The Bertz CT molecular complexity index is 192. The Morgan fingerprint density at radius 1 is 1.22 bits per heavy atom. The molecule has 0 aromatic heterocycles. The van der Waals surface area contributed by atoms with Crippen LogP contribution in [0, 0.1) is 23.7 Å². The van der Waals surface area contributed by atoms with Gasteiger partial charge in [-0.15, -0.1) is 11.8 Å². The van der Waals surface area contributed by atoms with E-state index in [1.807, 2.05) is 0 Å². The minimum absolute atomic E-state index is 0.372. The largest absolute Gasteiger partial charge is 0.344 e. The highest BCUT2D eigenvalue weighted by molar-refractivity contribution is 5.35. The average Bonchev–Trinajstić information content (AvgIpc) is 2.51. The molecule has 1 saturated heterocycles. The lowest BCUT2D eigenvalue weighted by molar-refractivity contribution is 0.407. The number of ether oxygens (including phenoxy) is 1. The first-order valence-corrected chi connectivity index (χ1v) is 2.85. The molecule has 0 unspecified atom stereocenters. The third-order valence-corrected chi connectivity index (χ3v) is 1.09. The molecule has 0 aromatic carbocycles. The van der Waals surface area contributed by atoms with Gasteiger partial charge in [-0.3, -0.25) is 0 Å². The van der Waals surface area contributed by atoms with Gasteiger partial charge in [0.05, 0.1) is 0 Å². The van der Waals surface area contributed by atoms with E-state index in [1.165, 1.54) is 0 Å². The van der Waals surface area contributed by atoms with Gasteiger partial charge in [0.2, 0.25) is 5.60 Å². The van der Waals surface area contributed by atoms with E-state index in [1.54, 1.807) is 13.8 Å². The van der Waals surface area contributed by atoms with Gasteiger partial charge in [0, 0.05) is 0 Å². The topological polar surface area (TPSA) is 12.5 Å². The summed E-state index contributed by atoms with van der Waals surface area (Å²) in [5.74, 6) is 11.3. The lowest BCUT2D eigenvalue weighted by Crippen LogP contribution is -2.01. The number of hydrogen-bond acceptors (Lipinski definition) is 1. The quantitative estimate of drug-likeness (QED) is 0.340. The van der Waals surface area contributed by atoms with Crippen molar-refractivity contribution in [1.29, 1.82) is 0 Å². The van der Waals surface area contributed by atoms with Gasteiger partial charge in [-0.1, -0.05) is 11.8 Å². The molecule has 9 heavy (non-hydrogen) atoms. The Morgan fingerprint density at radius 2 is 1.67 bits per heavy atom. The number of hydrogen-bond donors (Lipinski definition) is 0. The third-order valence-electron chi connectivity index (χ3n) is 1.09. The third kappa shape index (κ3) is 1.25. The van der Waals surface area contributed by atoms with Gasteiger partial charge in [0.25, 0.3) is 0 Å². The van der Waals surface area contributed by atoms with Crippen molar-refractivity contribution in [2.45, 2.75) is 19.4 Å². The molecular formula is C8H8O. The van der Waals surface area contributed by atoms with Crippen LogP contribution in [0.15, 0.2) is 0 Å². The molecule has 46 valence electrons. The Balaban J connectivity index is 2.67. The predicted octanol–water partition coefficient (Wildman–Crippen LogP) is 0.802. The van der Waals surface area contributed by atoms with Crippen LogP contribution in [0.3, 0.4) is 0 Å². The summed E-state index contributed by atoms with van der Waals surface area (Å²) in [6.45, 7) is 4.26. The second-order valence-electron chi connectivity index (χ2n) is 1.87. The molecule has 0 aliphatic carbocycles. The fourth-order valence-electron chi connectivity index (χ4n) is 0.652. The van der Waals surface area contributed by atoms with Crippen molar-refractivity contribution < 1.29 is 4.74 Å². The molecule has 1 aliphatic heterocycles. The summed E-state index contributed by atoms with van der Waals surface area (Å²) in [4.78, 5) is 0. The van der Waals surface area contributed by atoms with Gasteiger partial charge in [0.1, 0.15) is 6.61 Å². The summed E-state index contributed by atoms with van der Waals surface area (Å²) < 4.78 is 5.03. The van der Waals surface area contributed by atoms with Crippen molar-refractivity contribution in [2.75, 3.05) is 6.61 Å². The summed E-state index contributed by atoms with van der Waals surface area (Å²) in [5, 5.41) is 0. The Labute approximate surface area is 55.4 Å². The molecule has 0 N–H and O–H groups in total. The summed E-state index contributed by atoms with van der Waals surface area (Å²) in [6, 6.07) is 0. The highest BCUT2D eigenvalue weighted by Gasteiger charge is 2.41. The zero-order chi connectivity index (χ0) is 6.74. The van der Waals surface area contributed by atoms with Gasteiger partial charge in [-0.05, 0) is 13.8 Å². The van der Waals surface area contributed by atoms with E-state index in [9.17, 15) is 0 Å². The van der Waals surface area contributed by atoms with Crippen molar-refractivity contribution >= 4 is 0 Å². The van der Waals surface area contributed by atoms with Crippen molar-refractivity contribution in [3.8, 4) is 23.7 Å². The highest BCUT2D eigenvalue weighted by atomic mass is 16.6. The van der Waals surface area contributed by atoms with Crippen LogP contribution in [0.4, 0.5) is 0 Å². The van der Waals surface area contributed by atoms with E-state index >= 15 is 0 Å². The van der Waals surface area contributed by atoms with Gasteiger partial charge in [0.15, 0.2) is 0 Å². The second-order valence-corrected chi connectivity index (χ2v) is 1.87. The van der Waals surface area contributed by atoms with Crippen LogP contribution in [-0.4, -0.2) is 12.2 Å². The summed E-state index contributed by atoms with van der Waals surface area (Å²) in [6.07, 6.45) is 0. The normalized spacial score (nSPS) is 18.4. The van der Waals surface area contributed by atoms with E-state index in [0.29, 0.717) is 6.61 Å². The molecular weight excluding hydrogens is 112 g/mol. The van der Waals surface area contributed by atoms with E-state index in [4.69, 9.17) is 4.74 Å². The lowest BCUT2D eigenvalue weighted by atomic mass is 10.2. The molecule has 1 heterocycles. The maximum atomic E-state index is 5.03. The average molecular weight is 120 g/mol. The van der Waals surface area contributed by atoms with Gasteiger partial charge < -0.3 is 4.74 Å². The minimum Gasteiger partial charge on any atom is -0.344 e. The SMILES string of the molecule is CC#CC1(C#CC)CO1. The molecule has 0 bridgehead atoms. The maximum absolute atomic E-state index is 5.03. The molecule has 0 radical (unpaired) electrons. The number of epoxide rings is 1. The van der Waals surface area contributed by atoms with E-state index < -0.39 is 0 Å². The standard InChI is InChI=1S/C8H8O/c1-3-5-8(6-4-2)7-9-8/h7H2,1-2H3. The summed E-state index contributed by atoms with van der Waals surface area (Å²) in [7, 11) is 0. The monoisotopic (exact) mass is 120 g/mol. The molecule has 1 heteroatoms. The Kier molecular flexibility index (Phi) is 1.47. The summed E-state index contributed by atoms with van der Waals surface area (Å²) >= 11 is 0. The first-order chi connectivity index (χ1) is 4.33. The van der Waals surface area contributed by atoms with Crippen LogP contribution < -0.4 is 0 Å². The zero-order valence-corrected chi connectivity index (χ0v) is 5.62. The highest BCUT2D eigenvalue weighted by Crippen LogP contribution is 2.24. The van der Waals surface area contributed by atoms with Crippen LogP contribution in [0.2, 0.25) is 0 Å². The Hall–Kier alpha value is -0.920. The lowest BCUT2D eigenvalue weighted by Gasteiger charge is -1.85. The van der Waals surface area contributed by atoms with Crippen molar-refractivity contribution in [3.63, 3.8) is 0 Å². The molecule has 0 amide bonds. The van der Waals surface area contributed by atoms with Crippen molar-refractivity contribution in [3.05, 3.63) is 0 Å². The zero-order valence-electron chi connectivity index (χ0n) is 5.62. The van der Waals surface area contributed by atoms with E-state index in [2.05, 4.69) is 23.7 Å². The first-order valence-electron chi connectivity index (χ1n) is 2.85. The van der Waals surface area contributed by atoms with Crippen LogP contribution in [-0.2, 0) is 4.74 Å². The minimum atomic E-state index is -0.372. The number of rotatable bonds is 0. The smallest absolute Gasteiger partial charge is 0.214 e. The fourth-order valence-corrected chi connectivity index (χ4v) is 0.652. The van der Waals surface area contributed by atoms with Crippen LogP contribution in [0.25, 0.3) is 0 Å². The molecule has 1 rings (SSSR count). The molecule has 1 fully saturated rings. The predicted molar refractivity (Wildman–Crippen MR) is 35.6 cm³/mol. The molecule has 0 atom stereocenters. The van der Waals surface area contributed by atoms with Gasteiger partial charge in [-0.2, -0.15) is 0 Å². The molecule has 1 aliphatic rings.